The van der Waals surface area contributed by atoms with Crippen molar-refractivity contribution in [3.63, 3.8) is 0 Å². The summed E-state index contributed by atoms with van der Waals surface area (Å²) in [7, 11) is 0. The standard InChI is InChI=1S/C22H29N5O2/c1-3-23-22(24-16-18-7-6-8-19(15-18)25-17(2)28)27-13-11-26(12-14-27)20-9-4-5-10-21(20)29/h4-10,15,29H,3,11-14,16H2,1-2H3,(H,23,24)(H,25,28). The maximum atomic E-state index is 11.3. The molecule has 7 nitrogen and oxygen atoms in total. The lowest BCUT2D eigenvalue weighted by Gasteiger charge is -2.37. The summed E-state index contributed by atoms with van der Waals surface area (Å²) in [5.41, 5.74) is 2.70. The fourth-order valence-corrected chi connectivity index (χ4v) is 3.43. The molecule has 1 aliphatic rings. The molecule has 0 radical (unpaired) electrons. The number of anilines is 2. The van der Waals surface area contributed by atoms with E-state index in [1.54, 1.807) is 6.07 Å². The van der Waals surface area contributed by atoms with Gasteiger partial charge in [-0.25, -0.2) is 4.99 Å². The SMILES string of the molecule is CCNC(=NCc1cccc(NC(C)=O)c1)N1CCN(c2ccccc2O)CC1. The first-order valence-corrected chi connectivity index (χ1v) is 9.99. The number of guanidine groups is 1. The van der Waals surface area contributed by atoms with Crippen LogP contribution in [0.15, 0.2) is 53.5 Å². The van der Waals surface area contributed by atoms with Crippen molar-refractivity contribution in [3.05, 3.63) is 54.1 Å². The third-order valence-electron chi connectivity index (χ3n) is 4.80. The van der Waals surface area contributed by atoms with E-state index in [0.717, 1.165) is 55.6 Å². The molecule has 0 unspecified atom stereocenters. The number of rotatable bonds is 5. The maximum Gasteiger partial charge on any atom is 0.221 e. The predicted molar refractivity (Wildman–Crippen MR) is 117 cm³/mol. The first-order valence-electron chi connectivity index (χ1n) is 9.99. The van der Waals surface area contributed by atoms with Gasteiger partial charge < -0.3 is 25.5 Å². The summed E-state index contributed by atoms with van der Waals surface area (Å²) in [4.78, 5) is 20.5. The lowest BCUT2D eigenvalue weighted by molar-refractivity contribution is -0.114. The number of hydrogen-bond donors (Lipinski definition) is 3. The molecule has 0 atom stereocenters. The Morgan fingerprint density at radius 3 is 2.55 bits per heavy atom. The van der Waals surface area contributed by atoms with Crippen molar-refractivity contribution in [1.82, 2.24) is 10.2 Å². The average Bonchev–Trinajstić information content (AvgIpc) is 2.71. The zero-order valence-electron chi connectivity index (χ0n) is 17.1. The molecular weight excluding hydrogens is 366 g/mol. The molecule has 3 rings (SSSR count). The normalized spacial score (nSPS) is 14.6. The predicted octanol–water partition coefficient (Wildman–Crippen LogP) is 2.64. The van der Waals surface area contributed by atoms with Gasteiger partial charge in [0.2, 0.25) is 5.91 Å². The van der Waals surface area contributed by atoms with Crippen LogP contribution in [0.2, 0.25) is 0 Å². The first kappa shape index (κ1) is 20.5. The number of phenols is 1. The van der Waals surface area contributed by atoms with E-state index in [1.165, 1.54) is 6.92 Å². The van der Waals surface area contributed by atoms with E-state index in [0.29, 0.717) is 12.3 Å². The van der Waals surface area contributed by atoms with Crippen molar-refractivity contribution in [2.24, 2.45) is 4.99 Å². The number of aromatic hydroxyl groups is 1. The fraction of sp³-hybridized carbons (Fsp3) is 0.364. The molecule has 154 valence electrons. The topological polar surface area (TPSA) is 80.2 Å². The largest absolute Gasteiger partial charge is 0.506 e. The molecule has 1 saturated heterocycles. The molecule has 0 bridgehead atoms. The molecule has 0 saturated carbocycles. The minimum atomic E-state index is -0.0821. The van der Waals surface area contributed by atoms with Gasteiger partial charge in [-0.2, -0.15) is 0 Å². The van der Waals surface area contributed by atoms with Gasteiger partial charge in [-0.05, 0) is 36.8 Å². The van der Waals surface area contributed by atoms with Gasteiger partial charge in [0.15, 0.2) is 5.96 Å². The molecule has 3 N–H and O–H groups in total. The van der Waals surface area contributed by atoms with Crippen LogP contribution in [0.4, 0.5) is 11.4 Å². The van der Waals surface area contributed by atoms with Crippen LogP contribution in [-0.4, -0.2) is 54.6 Å². The van der Waals surface area contributed by atoms with Crippen molar-refractivity contribution in [3.8, 4) is 5.75 Å². The molecular formula is C22H29N5O2. The summed E-state index contributed by atoms with van der Waals surface area (Å²) in [6, 6.07) is 15.2. The quantitative estimate of drug-likeness (QED) is 0.536. The van der Waals surface area contributed by atoms with E-state index in [-0.39, 0.29) is 5.91 Å². The van der Waals surface area contributed by atoms with E-state index in [2.05, 4.69) is 27.4 Å². The fourth-order valence-electron chi connectivity index (χ4n) is 3.43. The molecule has 1 aliphatic heterocycles. The Balaban J connectivity index is 1.64. The van der Waals surface area contributed by atoms with Gasteiger partial charge in [-0.3, -0.25) is 4.79 Å². The zero-order valence-corrected chi connectivity index (χ0v) is 17.1. The molecule has 2 aromatic carbocycles. The Labute approximate surface area is 172 Å². The second kappa shape index (κ2) is 9.82. The van der Waals surface area contributed by atoms with E-state index in [1.807, 2.05) is 42.5 Å². The Morgan fingerprint density at radius 2 is 1.86 bits per heavy atom. The van der Waals surface area contributed by atoms with Crippen LogP contribution >= 0.6 is 0 Å². The Kier molecular flexibility index (Phi) is 6.94. The average molecular weight is 396 g/mol. The van der Waals surface area contributed by atoms with Gasteiger partial charge in [-0.1, -0.05) is 24.3 Å². The van der Waals surface area contributed by atoms with Gasteiger partial charge >= 0.3 is 0 Å². The molecule has 0 aromatic heterocycles. The lowest BCUT2D eigenvalue weighted by atomic mass is 10.2. The Morgan fingerprint density at radius 1 is 1.10 bits per heavy atom. The third-order valence-corrected chi connectivity index (χ3v) is 4.80. The van der Waals surface area contributed by atoms with Crippen LogP contribution in [0.25, 0.3) is 0 Å². The van der Waals surface area contributed by atoms with Gasteiger partial charge in [0, 0.05) is 45.3 Å². The zero-order chi connectivity index (χ0) is 20.6. The highest BCUT2D eigenvalue weighted by molar-refractivity contribution is 5.88. The highest BCUT2D eigenvalue weighted by Crippen LogP contribution is 2.27. The molecule has 1 amide bonds. The molecule has 0 aliphatic carbocycles. The van der Waals surface area contributed by atoms with Crippen LogP contribution in [0.5, 0.6) is 5.75 Å². The van der Waals surface area contributed by atoms with Crippen LogP contribution in [-0.2, 0) is 11.3 Å². The van der Waals surface area contributed by atoms with E-state index < -0.39 is 0 Å². The van der Waals surface area contributed by atoms with Crippen molar-refractivity contribution in [2.45, 2.75) is 20.4 Å². The lowest BCUT2D eigenvalue weighted by Crippen LogP contribution is -2.52. The Bertz CT molecular complexity index is 860. The van der Waals surface area contributed by atoms with Crippen LogP contribution in [0.1, 0.15) is 19.4 Å². The maximum absolute atomic E-state index is 11.3. The second-order valence-electron chi connectivity index (χ2n) is 7.01. The number of nitrogens with one attached hydrogen (secondary N) is 2. The van der Waals surface area contributed by atoms with Crippen LogP contribution in [0.3, 0.4) is 0 Å². The number of nitrogens with zero attached hydrogens (tertiary/aromatic N) is 3. The molecule has 1 heterocycles. The number of carbonyl (C=O) groups excluding carboxylic acids is 1. The van der Waals surface area contributed by atoms with E-state index >= 15 is 0 Å². The minimum Gasteiger partial charge on any atom is -0.506 e. The van der Waals surface area contributed by atoms with Gasteiger partial charge in [0.05, 0.1) is 12.2 Å². The number of hydrogen-bond acceptors (Lipinski definition) is 4. The molecule has 2 aromatic rings. The molecule has 0 spiro atoms. The second-order valence-corrected chi connectivity index (χ2v) is 7.01. The third kappa shape index (κ3) is 5.63. The number of amides is 1. The summed E-state index contributed by atoms with van der Waals surface area (Å²) >= 11 is 0. The van der Waals surface area contributed by atoms with Gasteiger partial charge in [-0.15, -0.1) is 0 Å². The summed E-state index contributed by atoms with van der Waals surface area (Å²) in [6.07, 6.45) is 0. The van der Waals surface area contributed by atoms with Crippen molar-refractivity contribution in [1.29, 1.82) is 0 Å². The monoisotopic (exact) mass is 395 g/mol. The summed E-state index contributed by atoms with van der Waals surface area (Å²) in [6.45, 7) is 8.19. The molecule has 1 fully saturated rings. The number of phenolic OH excluding ortho intramolecular Hbond substituents is 1. The minimum absolute atomic E-state index is 0.0821. The first-order chi connectivity index (χ1) is 14.1. The van der Waals surface area contributed by atoms with Crippen molar-refractivity contribution in [2.75, 3.05) is 42.9 Å². The number of para-hydroxylation sites is 2. The Hall–Kier alpha value is -3.22. The van der Waals surface area contributed by atoms with E-state index in [9.17, 15) is 9.90 Å². The molecule has 7 heteroatoms. The van der Waals surface area contributed by atoms with Gasteiger partial charge in [0.25, 0.3) is 0 Å². The highest BCUT2D eigenvalue weighted by atomic mass is 16.3. The van der Waals surface area contributed by atoms with Crippen molar-refractivity contribution < 1.29 is 9.90 Å². The highest BCUT2D eigenvalue weighted by Gasteiger charge is 2.21. The number of aliphatic imine (C=N–C) groups is 1. The van der Waals surface area contributed by atoms with Crippen molar-refractivity contribution >= 4 is 23.2 Å². The number of benzene rings is 2. The van der Waals surface area contributed by atoms with Gasteiger partial charge in [0.1, 0.15) is 5.75 Å². The smallest absolute Gasteiger partial charge is 0.221 e. The van der Waals surface area contributed by atoms with Crippen LogP contribution < -0.4 is 15.5 Å². The molecule has 29 heavy (non-hydrogen) atoms. The summed E-state index contributed by atoms with van der Waals surface area (Å²) in [5, 5.41) is 16.3. The van der Waals surface area contributed by atoms with Crippen LogP contribution in [0, 0.1) is 0 Å². The number of carbonyl (C=O) groups is 1. The van der Waals surface area contributed by atoms with E-state index in [4.69, 9.17) is 4.99 Å². The summed E-state index contributed by atoms with van der Waals surface area (Å²) in [5.74, 6) is 1.12. The number of piperazine rings is 1. The summed E-state index contributed by atoms with van der Waals surface area (Å²) < 4.78 is 0.